The largest absolute Gasteiger partial charge is 0.241 e. The Bertz CT molecular complexity index is 116. The quantitative estimate of drug-likeness (QED) is 0.454. The SMILES string of the molecule is CCCC(CCC)C[N]CC(CCC)CCC. The van der Waals surface area contributed by atoms with E-state index in [-0.39, 0.29) is 0 Å². The van der Waals surface area contributed by atoms with Gasteiger partial charge in [0.25, 0.3) is 0 Å². The molecule has 0 aromatic rings. The molecule has 0 aliphatic carbocycles. The third-order valence-electron chi connectivity index (χ3n) is 3.56. The zero-order chi connectivity index (χ0) is 12.9. The lowest BCUT2D eigenvalue weighted by Crippen LogP contribution is -2.22. The fraction of sp³-hybridized carbons (Fsp3) is 1.00. The van der Waals surface area contributed by atoms with Crippen LogP contribution < -0.4 is 5.32 Å². The van der Waals surface area contributed by atoms with E-state index in [1.54, 1.807) is 0 Å². The van der Waals surface area contributed by atoms with Crippen molar-refractivity contribution in [2.24, 2.45) is 11.8 Å². The highest BCUT2D eigenvalue weighted by molar-refractivity contribution is 4.65. The van der Waals surface area contributed by atoms with E-state index in [4.69, 9.17) is 5.32 Å². The standard InChI is InChI=1S/C16H34N/c1-5-9-15(10-6-2)13-17-14-16(11-7-3)12-8-4/h15-16H,5-14H2,1-4H3. The van der Waals surface area contributed by atoms with Gasteiger partial charge in [-0.3, -0.25) is 0 Å². The lowest BCUT2D eigenvalue weighted by Gasteiger charge is -2.18. The first-order chi connectivity index (χ1) is 8.28. The summed E-state index contributed by atoms with van der Waals surface area (Å²) in [5.74, 6) is 1.71. The predicted molar refractivity (Wildman–Crippen MR) is 78.5 cm³/mol. The third-order valence-corrected chi connectivity index (χ3v) is 3.56. The number of rotatable bonds is 12. The van der Waals surface area contributed by atoms with E-state index in [2.05, 4.69) is 27.7 Å². The molecule has 0 bridgehead atoms. The maximum absolute atomic E-state index is 4.85. The lowest BCUT2D eigenvalue weighted by atomic mass is 9.96. The van der Waals surface area contributed by atoms with E-state index in [9.17, 15) is 0 Å². The van der Waals surface area contributed by atoms with Gasteiger partial charge in [-0.1, -0.05) is 53.4 Å². The van der Waals surface area contributed by atoms with Gasteiger partial charge in [0.15, 0.2) is 0 Å². The van der Waals surface area contributed by atoms with E-state index in [0.29, 0.717) is 0 Å². The molecule has 0 heterocycles. The first kappa shape index (κ1) is 17.0. The normalized spacial score (nSPS) is 11.6. The molecule has 1 nitrogen and oxygen atoms in total. The van der Waals surface area contributed by atoms with Crippen LogP contribution in [0.15, 0.2) is 0 Å². The second kappa shape index (κ2) is 12.4. The molecule has 0 spiro atoms. The molecule has 0 aliphatic heterocycles. The zero-order valence-corrected chi connectivity index (χ0v) is 12.7. The first-order valence-corrected chi connectivity index (χ1v) is 7.91. The van der Waals surface area contributed by atoms with Crippen LogP contribution in [-0.4, -0.2) is 13.1 Å². The molecule has 0 fully saturated rings. The first-order valence-electron chi connectivity index (χ1n) is 7.91. The van der Waals surface area contributed by atoms with Gasteiger partial charge in [0.2, 0.25) is 0 Å². The Hall–Kier alpha value is -0.0400. The topological polar surface area (TPSA) is 14.1 Å². The van der Waals surface area contributed by atoms with Gasteiger partial charge in [0.1, 0.15) is 0 Å². The van der Waals surface area contributed by atoms with Crippen LogP contribution in [0.25, 0.3) is 0 Å². The van der Waals surface area contributed by atoms with Crippen molar-refractivity contribution in [1.82, 2.24) is 5.32 Å². The van der Waals surface area contributed by atoms with E-state index in [0.717, 1.165) is 24.9 Å². The Labute approximate surface area is 110 Å². The summed E-state index contributed by atoms with van der Waals surface area (Å²) in [5.41, 5.74) is 0. The van der Waals surface area contributed by atoms with Crippen LogP contribution in [0, 0.1) is 11.8 Å². The van der Waals surface area contributed by atoms with Crippen molar-refractivity contribution in [3.63, 3.8) is 0 Å². The Morgan fingerprint density at radius 2 is 0.882 bits per heavy atom. The fourth-order valence-corrected chi connectivity index (χ4v) is 2.73. The highest BCUT2D eigenvalue weighted by Crippen LogP contribution is 2.15. The van der Waals surface area contributed by atoms with Gasteiger partial charge >= 0.3 is 0 Å². The molecule has 17 heavy (non-hydrogen) atoms. The van der Waals surface area contributed by atoms with Crippen LogP contribution in [0.1, 0.15) is 79.1 Å². The molecular formula is C16H34N. The Kier molecular flexibility index (Phi) is 12.4. The molecule has 0 N–H and O–H groups in total. The molecule has 0 aromatic heterocycles. The van der Waals surface area contributed by atoms with Gasteiger partial charge in [-0.2, -0.15) is 0 Å². The summed E-state index contributed by atoms with van der Waals surface area (Å²) in [6.07, 6.45) is 10.7. The highest BCUT2D eigenvalue weighted by Gasteiger charge is 2.10. The monoisotopic (exact) mass is 240 g/mol. The summed E-state index contributed by atoms with van der Waals surface area (Å²) < 4.78 is 0. The molecule has 103 valence electrons. The fourth-order valence-electron chi connectivity index (χ4n) is 2.73. The minimum absolute atomic E-state index is 0.855. The van der Waals surface area contributed by atoms with Gasteiger partial charge in [-0.15, -0.1) is 0 Å². The number of hydrogen-bond acceptors (Lipinski definition) is 0. The van der Waals surface area contributed by atoms with E-state index in [1.807, 2.05) is 0 Å². The van der Waals surface area contributed by atoms with Crippen molar-refractivity contribution in [2.75, 3.05) is 13.1 Å². The van der Waals surface area contributed by atoms with E-state index >= 15 is 0 Å². The molecular weight excluding hydrogens is 206 g/mol. The van der Waals surface area contributed by atoms with E-state index < -0.39 is 0 Å². The van der Waals surface area contributed by atoms with Gasteiger partial charge in [0, 0.05) is 13.1 Å². The summed E-state index contributed by atoms with van der Waals surface area (Å²) in [6.45, 7) is 11.4. The van der Waals surface area contributed by atoms with Crippen LogP contribution >= 0.6 is 0 Å². The Morgan fingerprint density at radius 1 is 0.588 bits per heavy atom. The van der Waals surface area contributed by atoms with Crippen molar-refractivity contribution < 1.29 is 0 Å². The van der Waals surface area contributed by atoms with Crippen LogP contribution in [0.2, 0.25) is 0 Å². The van der Waals surface area contributed by atoms with Gasteiger partial charge in [-0.25, -0.2) is 5.32 Å². The Balaban J connectivity index is 3.73. The average molecular weight is 240 g/mol. The molecule has 0 unspecified atom stereocenters. The second-order valence-electron chi connectivity index (χ2n) is 5.48. The average Bonchev–Trinajstić information content (AvgIpc) is 2.30. The minimum atomic E-state index is 0.855. The van der Waals surface area contributed by atoms with Crippen molar-refractivity contribution in [3.05, 3.63) is 0 Å². The van der Waals surface area contributed by atoms with Crippen molar-refractivity contribution in [3.8, 4) is 0 Å². The van der Waals surface area contributed by atoms with Crippen LogP contribution in [-0.2, 0) is 0 Å². The summed E-state index contributed by atoms with van der Waals surface area (Å²) in [4.78, 5) is 0. The predicted octanol–water partition coefficient (Wildman–Crippen LogP) is 5.02. The highest BCUT2D eigenvalue weighted by atomic mass is 14.9. The molecule has 0 atom stereocenters. The number of hydrogen-bond donors (Lipinski definition) is 0. The van der Waals surface area contributed by atoms with Crippen molar-refractivity contribution >= 4 is 0 Å². The van der Waals surface area contributed by atoms with Gasteiger partial charge in [0.05, 0.1) is 0 Å². The smallest absolute Gasteiger partial charge is 0.0161 e. The minimum Gasteiger partial charge on any atom is -0.241 e. The molecule has 0 saturated carbocycles. The van der Waals surface area contributed by atoms with Crippen molar-refractivity contribution in [2.45, 2.75) is 79.1 Å². The molecule has 0 rings (SSSR count). The second-order valence-corrected chi connectivity index (χ2v) is 5.48. The zero-order valence-electron chi connectivity index (χ0n) is 12.7. The molecule has 1 heteroatoms. The summed E-state index contributed by atoms with van der Waals surface area (Å²) in [6, 6.07) is 0. The molecule has 0 aliphatic rings. The van der Waals surface area contributed by atoms with Gasteiger partial charge in [-0.05, 0) is 37.5 Å². The summed E-state index contributed by atoms with van der Waals surface area (Å²) in [7, 11) is 0. The lowest BCUT2D eigenvalue weighted by molar-refractivity contribution is 0.358. The molecule has 1 radical (unpaired) electrons. The molecule has 0 saturated heterocycles. The molecule has 0 aromatic carbocycles. The van der Waals surface area contributed by atoms with Crippen LogP contribution in [0.4, 0.5) is 0 Å². The molecule has 0 amide bonds. The summed E-state index contributed by atoms with van der Waals surface area (Å²) >= 11 is 0. The van der Waals surface area contributed by atoms with E-state index in [1.165, 1.54) is 51.4 Å². The third kappa shape index (κ3) is 9.64. The van der Waals surface area contributed by atoms with Crippen LogP contribution in [0.3, 0.4) is 0 Å². The number of nitrogens with zero attached hydrogens (tertiary/aromatic N) is 1. The maximum Gasteiger partial charge on any atom is 0.0161 e. The Morgan fingerprint density at radius 3 is 1.12 bits per heavy atom. The maximum atomic E-state index is 4.85. The summed E-state index contributed by atoms with van der Waals surface area (Å²) in [5, 5.41) is 4.85. The van der Waals surface area contributed by atoms with Crippen molar-refractivity contribution in [1.29, 1.82) is 0 Å². The van der Waals surface area contributed by atoms with Crippen LogP contribution in [0.5, 0.6) is 0 Å². The van der Waals surface area contributed by atoms with Gasteiger partial charge < -0.3 is 0 Å².